The van der Waals surface area contributed by atoms with Crippen molar-refractivity contribution >= 4 is 23.8 Å². The van der Waals surface area contributed by atoms with E-state index in [9.17, 15) is 39.6 Å². The van der Waals surface area contributed by atoms with Gasteiger partial charge >= 0.3 is 0 Å². The van der Waals surface area contributed by atoms with Crippen LogP contribution in [0.15, 0.2) is 28.7 Å². The molecule has 11 nitrogen and oxygen atoms in total. The first-order valence-corrected chi connectivity index (χ1v) is 10.4. The van der Waals surface area contributed by atoms with Gasteiger partial charge in [-0.2, -0.15) is 0 Å². The van der Waals surface area contributed by atoms with Gasteiger partial charge in [-0.3, -0.25) is 24.1 Å². The van der Waals surface area contributed by atoms with Gasteiger partial charge in [0.15, 0.2) is 17.7 Å². The highest BCUT2D eigenvalue weighted by atomic mass is 16.5. The first-order valence-electron chi connectivity index (χ1n) is 10.4. The van der Waals surface area contributed by atoms with E-state index in [-0.39, 0.29) is 35.3 Å². The number of carbonyl (C=O) groups excluding carboxylic acids is 4. The molecule has 0 saturated carbocycles. The number of hydrogen-bond acceptors (Lipinski definition) is 10. The summed E-state index contributed by atoms with van der Waals surface area (Å²) >= 11 is 0. The maximum absolute atomic E-state index is 13.5. The number of nitrogens with zero attached hydrogens (tertiary/aromatic N) is 1. The number of amides is 1. The SMILES string of the molecule is COc1cc(C=O)c(O)c2c1C[C@H]1C[C@H]3[C@H](N(C)C)C(O)=C(C(N)=O)C(=O)[C@@]3(O)C(O)=C1C2=O. The number of Topliss-reactive ketones (excluding diaryl/α,β-unsaturated/α-hetero) is 2. The number of carbonyl (C=O) groups is 4. The second kappa shape index (κ2) is 7.67. The van der Waals surface area contributed by atoms with Crippen LogP contribution in [0.2, 0.25) is 0 Å². The molecule has 1 aromatic carbocycles. The van der Waals surface area contributed by atoms with Crippen molar-refractivity contribution in [2.45, 2.75) is 24.5 Å². The highest BCUT2D eigenvalue weighted by Gasteiger charge is 2.63. The monoisotopic (exact) mass is 472 g/mol. The van der Waals surface area contributed by atoms with Crippen LogP contribution in [0, 0.1) is 11.8 Å². The van der Waals surface area contributed by atoms with Crippen molar-refractivity contribution in [1.82, 2.24) is 4.90 Å². The van der Waals surface area contributed by atoms with Crippen LogP contribution in [-0.2, 0) is 16.0 Å². The number of aliphatic hydroxyl groups excluding tert-OH is 2. The molecule has 0 bridgehead atoms. The Balaban J connectivity index is 2.00. The lowest BCUT2D eigenvalue weighted by molar-refractivity contribution is -0.148. The Morgan fingerprint density at radius 1 is 1.26 bits per heavy atom. The summed E-state index contributed by atoms with van der Waals surface area (Å²) < 4.78 is 5.31. The van der Waals surface area contributed by atoms with Crippen LogP contribution in [0.4, 0.5) is 0 Å². The fraction of sp³-hybridized carbons (Fsp3) is 0.391. The van der Waals surface area contributed by atoms with E-state index < -0.39 is 63.8 Å². The summed E-state index contributed by atoms with van der Waals surface area (Å²) in [6.07, 6.45) is 0.380. The molecule has 6 N–H and O–H groups in total. The van der Waals surface area contributed by atoms with E-state index in [0.717, 1.165) is 0 Å². The highest BCUT2D eigenvalue weighted by molar-refractivity contribution is 6.25. The molecule has 0 aliphatic heterocycles. The molecule has 0 aromatic heterocycles. The molecular weight excluding hydrogens is 448 g/mol. The number of ether oxygens (including phenoxy) is 1. The number of aliphatic hydroxyl groups is 3. The van der Waals surface area contributed by atoms with Crippen molar-refractivity contribution in [1.29, 1.82) is 0 Å². The average molecular weight is 472 g/mol. The zero-order valence-corrected chi connectivity index (χ0v) is 18.7. The lowest BCUT2D eigenvalue weighted by Crippen LogP contribution is -2.63. The van der Waals surface area contributed by atoms with Gasteiger partial charge in [0.1, 0.15) is 28.6 Å². The van der Waals surface area contributed by atoms with Crippen LogP contribution < -0.4 is 10.5 Å². The van der Waals surface area contributed by atoms with Gasteiger partial charge in [-0.1, -0.05) is 0 Å². The quantitative estimate of drug-likeness (QED) is 0.293. The summed E-state index contributed by atoms with van der Waals surface area (Å²) in [5.74, 6) is -7.36. The molecule has 0 fully saturated rings. The van der Waals surface area contributed by atoms with Crippen LogP contribution in [0.3, 0.4) is 0 Å². The Morgan fingerprint density at radius 3 is 2.44 bits per heavy atom. The van der Waals surface area contributed by atoms with Crippen molar-refractivity contribution < 1.29 is 44.3 Å². The Bertz CT molecular complexity index is 1230. The maximum Gasteiger partial charge on any atom is 0.255 e. The zero-order chi connectivity index (χ0) is 25.3. The number of allylic oxidation sites excluding steroid dienone is 1. The molecule has 0 radical (unpaired) electrons. The van der Waals surface area contributed by atoms with E-state index in [0.29, 0.717) is 11.8 Å². The molecule has 34 heavy (non-hydrogen) atoms. The number of nitrogens with two attached hydrogens (primary N) is 1. The predicted octanol–water partition coefficient (Wildman–Crippen LogP) is -0.0583. The number of benzene rings is 1. The normalized spacial score (nSPS) is 28.4. The molecule has 1 amide bonds. The number of aromatic hydroxyl groups is 1. The fourth-order valence-corrected chi connectivity index (χ4v) is 5.58. The standard InChI is InChI=1S/C23H24N2O9/c1-25(2)16-11-5-8-4-10-12(34-3)6-9(7-26)17(27)14(10)18(28)13(8)20(30)23(11,33)21(31)15(19(16)29)22(24)32/h6-8,11,16,27,29-30,33H,4-5H2,1-3H3,(H2,24,32)/t8-,11-,16-,23-/m0/s1. The number of ketones is 2. The minimum atomic E-state index is -2.72. The molecule has 0 unspecified atom stereocenters. The van der Waals surface area contributed by atoms with E-state index in [1.165, 1.54) is 18.1 Å². The molecule has 11 heteroatoms. The van der Waals surface area contributed by atoms with Gasteiger partial charge in [-0.15, -0.1) is 0 Å². The summed E-state index contributed by atoms with van der Waals surface area (Å²) in [6.45, 7) is 0. The van der Waals surface area contributed by atoms with Gasteiger partial charge in [-0.25, -0.2) is 0 Å². The fourth-order valence-electron chi connectivity index (χ4n) is 5.58. The van der Waals surface area contributed by atoms with Crippen molar-refractivity contribution in [2.75, 3.05) is 21.2 Å². The summed E-state index contributed by atoms with van der Waals surface area (Å²) in [4.78, 5) is 51.5. The highest BCUT2D eigenvalue weighted by Crippen LogP contribution is 2.53. The van der Waals surface area contributed by atoms with Crippen molar-refractivity contribution in [3.8, 4) is 11.5 Å². The second-order valence-electron chi connectivity index (χ2n) is 8.95. The first kappa shape index (κ1) is 23.5. The van der Waals surface area contributed by atoms with E-state index >= 15 is 0 Å². The van der Waals surface area contributed by atoms with E-state index in [1.807, 2.05) is 0 Å². The number of fused-ring (bicyclic) bond motifs is 3. The molecule has 4 atom stereocenters. The number of rotatable bonds is 4. The molecular formula is C23H24N2O9. The maximum atomic E-state index is 13.5. The van der Waals surface area contributed by atoms with Gasteiger partial charge in [0.2, 0.25) is 5.78 Å². The Kier molecular flexibility index (Phi) is 5.29. The Morgan fingerprint density at radius 2 is 1.91 bits per heavy atom. The van der Waals surface area contributed by atoms with Crippen molar-refractivity contribution in [3.63, 3.8) is 0 Å². The first-order chi connectivity index (χ1) is 15.9. The van der Waals surface area contributed by atoms with Crippen LogP contribution >= 0.6 is 0 Å². The van der Waals surface area contributed by atoms with Crippen molar-refractivity contribution in [2.24, 2.45) is 17.6 Å². The van der Waals surface area contributed by atoms with E-state index in [4.69, 9.17) is 10.5 Å². The summed E-state index contributed by atoms with van der Waals surface area (Å²) in [5.41, 5.74) is 1.22. The number of likely N-dealkylation sites (N-methyl/N-ethyl adjacent to an activating group) is 1. The number of hydrogen-bond donors (Lipinski definition) is 5. The van der Waals surface area contributed by atoms with Crippen molar-refractivity contribution in [3.05, 3.63) is 45.4 Å². The largest absolute Gasteiger partial charge is 0.510 e. The third kappa shape index (κ3) is 2.83. The lowest BCUT2D eigenvalue weighted by atomic mass is 9.58. The molecule has 0 heterocycles. The number of phenolic OH excluding ortho intramolecular Hbond substituents is 1. The number of aldehydes is 1. The van der Waals surface area contributed by atoms with Gasteiger partial charge in [0, 0.05) is 17.1 Å². The number of methoxy groups -OCH3 is 1. The second-order valence-corrected chi connectivity index (χ2v) is 8.95. The number of phenols is 1. The van der Waals surface area contributed by atoms with Gasteiger partial charge in [0.05, 0.1) is 24.3 Å². The summed E-state index contributed by atoms with van der Waals surface area (Å²) in [6, 6.07) is 0.223. The average Bonchev–Trinajstić information content (AvgIpc) is 2.76. The Hall–Kier alpha value is -3.70. The van der Waals surface area contributed by atoms with E-state index in [2.05, 4.69) is 0 Å². The van der Waals surface area contributed by atoms with E-state index in [1.54, 1.807) is 14.1 Å². The molecule has 3 aliphatic carbocycles. The third-order valence-electron chi connectivity index (χ3n) is 7.06. The molecule has 180 valence electrons. The van der Waals surface area contributed by atoms with Crippen LogP contribution in [-0.4, -0.2) is 81.9 Å². The minimum absolute atomic E-state index is 0.0366. The molecule has 1 aromatic rings. The van der Waals surface area contributed by atoms with Crippen LogP contribution in [0.5, 0.6) is 11.5 Å². The van der Waals surface area contributed by atoms with Crippen LogP contribution in [0.1, 0.15) is 32.7 Å². The van der Waals surface area contributed by atoms with Gasteiger partial charge < -0.3 is 30.9 Å². The van der Waals surface area contributed by atoms with Gasteiger partial charge in [-0.05, 0) is 38.9 Å². The molecule has 0 spiro atoms. The van der Waals surface area contributed by atoms with Crippen LogP contribution in [0.25, 0.3) is 0 Å². The van der Waals surface area contributed by atoms with Gasteiger partial charge in [0.25, 0.3) is 5.91 Å². The molecule has 4 rings (SSSR count). The molecule has 3 aliphatic rings. The zero-order valence-electron chi connectivity index (χ0n) is 18.7. The summed E-state index contributed by atoms with van der Waals surface area (Å²) in [5, 5.41) is 44.0. The predicted molar refractivity (Wildman–Crippen MR) is 116 cm³/mol. The molecule has 0 saturated heterocycles. The topological polar surface area (TPSA) is 188 Å². The Labute approximate surface area is 193 Å². The number of primary amides is 1. The smallest absolute Gasteiger partial charge is 0.255 e. The lowest BCUT2D eigenvalue weighted by Gasteiger charge is -2.50. The third-order valence-corrected chi connectivity index (χ3v) is 7.06. The minimum Gasteiger partial charge on any atom is -0.510 e. The summed E-state index contributed by atoms with van der Waals surface area (Å²) in [7, 11) is 4.44.